The minimum atomic E-state index is 0.0584. The standard InChI is InChI=1S/C15H22N2O/c1-15(2,8-9-16)11-10-17(3)12-6-5-7-13(18-4)14(11)12/h5-7,10H,8-9,16H2,1-4H3. The van der Waals surface area contributed by atoms with Gasteiger partial charge < -0.3 is 15.0 Å². The van der Waals surface area contributed by atoms with Gasteiger partial charge in [-0.15, -0.1) is 0 Å². The molecule has 0 saturated carbocycles. The van der Waals surface area contributed by atoms with E-state index in [1.165, 1.54) is 16.5 Å². The summed E-state index contributed by atoms with van der Waals surface area (Å²) in [5, 5.41) is 1.21. The predicted molar refractivity (Wildman–Crippen MR) is 76.2 cm³/mol. The molecular weight excluding hydrogens is 224 g/mol. The molecule has 0 spiro atoms. The van der Waals surface area contributed by atoms with Crippen molar-refractivity contribution in [3.63, 3.8) is 0 Å². The van der Waals surface area contributed by atoms with Gasteiger partial charge in [0.05, 0.1) is 12.6 Å². The van der Waals surface area contributed by atoms with E-state index in [0.29, 0.717) is 6.54 Å². The van der Waals surface area contributed by atoms with Gasteiger partial charge in [-0.2, -0.15) is 0 Å². The van der Waals surface area contributed by atoms with Crippen LogP contribution in [0.3, 0.4) is 0 Å². The second kappa shape index (κ2) is 4.65. The van der Waals surface area contributed by atoms with E-state index in [4.69, 9.17) is 10.5 Å². The molecule has 0 unspecified atom stereocenters. The van der Waals surface area contributed by atoms with Crippen LogP contribution in [0, 0.1) is 0 Å². The average molecular weight is 246 g/mol. The number of benzene rings is 1. The van der Waals surface area contributed by atoms with Crippen molar-refractivity contribution in [2.75, 3.05) is 13.7 Å². The maximum atomic E-state index is 5.74. The van der Waals surface area contributed by atoms with Crippen molar-refractivity contribution < 1.29 is 4.74 Å². The van der Waals surface area contributed by atoms with Gasteiger partial charge in [-0.3, -0.25) is 0 Å². The fourth-order valence-corrected chi connectivity index (χ4v) is 2.59. The number of aromatic nitrogens is 1. The molecule has 1 aromatic carbocycles. The average Bonchev–Trinajstić information content (AvgIpc) is 2.68. The van der Waals surface area contributed by atoms with Gasteiger partial charge in [0, 0.05) is 18.6 Å². The Bertz CT molecular complexity index is 555. The van der Waals surface area contributed by atoms with Crippen molar-refractivity contribution in [2.45, 2.75) is 25.7 Å². The molecule has 0 saturated heterocycles. The third-order valence-corrected chi connectivity index (χ3v) is 3.69. The Hall–Kier alpha value is -1.48. The van der Waals surface area contributed by atoms with E-state index in [2.05, 4.69) is 37.7 Å². The summed E-state index contributed by atoms with van der Waals surface area (Å²) in [4.78, 5) is 0. The molecule has 1 aromatic heterocycles. The first-order chi connectivity index (χ1) is 8.51. The molecule has 2 aromatic rings. The highest BCUT2D eigenvalue weighted by atomic mass is 16.5. The molecule has 2 rings (SSSR count). The molecular formula is C15H22N2O. The Morgan fingerprint density at radius 1 is 1.33 bits per heavy atom. The first-order valence-corrected chi connectivity index (χ1v) is 6.34. The molecule has 3 nitrogen and oxygen atoms in total. The maximum Gasteiger partial charge on any atom is 0.128 e. The Morgan fingerprint density at radius 2 is 2.06 bits per heavy atom. The highest BCUT2D eigenvalue weighted by Crippen LogP contribution is 2.38. The molecule has 1 heterocycles. The number of ether oxygens (including phenoxy) is 1. The molecule has 0 bridgehead atoms. The van der Waals surface area contributed by atoms with E-state index < -0.39 is 0 Å². The quantitative estimate of drug-likeness (QED) is 0.901. The van der Waals surface area contributed by atoms with Crippen LogP contribution in [0.2, 0.25) is 0 Å². The van der Waals surface area contributed by atoms with Gasteiger partial charge in [0.1, 0.15) is 5.75 Å². The van der Waals surface area contributed by atoms with Crippen LogP contribution in [0.5, 0.6) is 5.75 Å². The zero-order chi connectivity index (χ0) is 13.3. The van der Waals surface area contributed by atoms with E-state index in [9.17, 15) is 0 Å². The van der Waals surface area contributed by atoms with Gasteiger partial charge >= 0.3 is 0 Å². The van der Waals surface area contributed by atoms with Crippen LogP contribution in [0.4, 0.5) is 0 Å². The SMILES string of the molecule is COc1cccc2c1c(C(C)(C)CCN)cn2C. The fourth-order valence-electron chi connectivity index (χ4n) is 2.59. The Morgan fingerprint density at radius 3 is 2.67 bits per heavy atom. The highest BCUT2D eigenvalue weighted by molar-refractivity contribution is 5.90. The van der Waals surface area contributed by atoms with Crippen molar-refractivity contribution in [3.05, 3.63) is 30.0 Å². The first kappa shape index (κ1) is 13.0. The Kier molecular flexibility index (Phi) is 3.35. The van der Waals surface area contributed by atoms with Gasteiger partial charge in [-0.05, 0) is 36.1 Å². The molecule has 0 aliphatic heterocycles. The Labute approximate surface area is 109 Å². The lowest BCUT2D eigenvalue weighted by Crippen LogP contribution is -2.21. The molecule has 0 radical (unpaired) electrons. The summed E-state index contributed by atoms with van der Waals surface area (Å²) in [6.07, 6.45) is 3.16. The predicted octanol–water partition coefficient (Wildman–Crippen LogP) is 2.81. The summed E-state index contributed by atoms with van der Waals surface area (Å²) < 4.78 is 7.67. The highest BCUT2D eigenvalue weighted by Gasteiger charge is 2.25. The van der Waals surface area contributed by atoms with Gasteiger partial charge in [-0.1, -0.05) is 19.9 Å². The molecule has 98 valence electrons. The minimum Gasteiger partial charge on any atom is -0.496 e. The summed E-state index contributed by atoms with van der Waals surface area (Å²) in [7, 11) is 3.80. The molecule has 3 heteroatoms. The molecule has 2 N–H and O–H groups in total. The molecule has 0 amide bonds. The fraction of sp³-hybridized carbons (Fsp3) is 0.467. The molecule has 0 aliphatic rings. The summed E-state index contributed by atoms with van der Waals surface area (Å²) in [5.41, 5.74) is 8.31. The lowest BCUT2D eigenvalue weighted by Gasteiger charge is -2.24. The zero-order valence-corrected chi connectivity index (χ0v) is 11.7. The van der Waals surface area contributed by atoms with E-state index in [1.807, 2.05) is 12.1 Å². The second-order valence-corrected chi connectivity index (χ2v) is 5.43. The van der Waals surface area contributed by atoms with Crippen molar-refractivity contribution in [3.8, 4) is 5.75 Å². The molecule has 0 aliphatic carbocycles. The van der Waals surface area contributed by atoms with E-state index in [-0.39, 0.29) is 5.41 Å². The van der Waals surface area contributed by atoms with Crippen LogP contribution in [0.15, 0.2) is 24.4 Å². The lowest BCUT2D eigenvalue weighted by atomic mass is 9.81. The monoisotopic (exact) mass is 246 g/mol. The number of aryl methyl sites for hydroxylation is 1. The topological polar surface area (TPSA) is 40.2 Å². The smallest absolute Gasteiger partial charge is 0.128 e. The summed E-state index contributed by atoms with van der Waals surface area (Å²) in [6.45, 7) is 5.17. The van der Waals surface area contributed by atoms with Crippen molar-refractivity contribution in [1.29, 1.82) is 0 Å². The molecule has 0 fully saturated rings. The van der Waals surface area contributed by atoms with Crippen molar-refractivity contribution in [1.82, 2.24) is 4.57 Å². The van der Waals surface area contributed by atoms with Gasteiger partial charge in [0.25, 0.3) is 0 Å². The summed E-state index contributed by atoms with van der Waals surface area (Å²) in [5.74, 6) is 0.938. The van der Waals surface area contributed by atoms with E-state index in [1.54, 1.807) is 7.11 Å². The van der Waals surface area contributed by atoms with Crippen LogP contribution in [0.25, 0.3) is 10.9 Å². The third kappa shape index (κ3) is 1.99. The van der Waals surface area contributed by atoms with E-state index >= 15 is 0 Å². The van der Waals surface area contributed by atoms with Crippen LogP contribution in [-0.2, 0) is 12.5 Å². The number of methoxy groups -OCH3 is 1. The third-order valence-electron chi connectivity index (χ3n) is 3.69. The first-order valence-electron chi connectivity index (χ1n) is 6.34. The van der Waals surface area contributed by atoms with E-state index in [0.717, 1.165) is 12.2 Å². The van der Waals surface area contributed by atoms with Crippen LogP contribution in [0.1, 0.15) is 25.8 Å². The van der Waals surface area contributed by atoms with Gasteiger partial charge in [0.15, 0.2) is 0 Å². The van der Waals surface area contributed by atoms with Crippen LogP contribution < -0.4 is 10.5 Å². The van der Waals surface area contributed by atoms with Crippen LogP contribution >= 0.6 is 0 Å². The van der Waals surface area contributed by atoms with Crippen molar-refractivity contribution >= 4 is 10.9 Å². The minimum absolute atomic E-state index is 0.0584. The van der Waals surface area contributed by atoms with Crippen molar-refractivity contribution in [2.24, 2.45) is 12.8 Å². The summed E-state index contributed by atoms with van der Waals surface area (Å²) in [6, 6.07) is 6.17. The summed E-state index contributed by atoms with van der Waals surface area (Å²) >= 11 is 0. The van der Waals surface area contributed by atoms with Gasteiger partial charge in [0.2, 0.25) is 0 Å². The normalized spacial score (nSPS) is 12.1. The number of fused-ring (bicyclic) bond motifs is 1. The molecule has 0 atom stereocenters. The Balaban J connectivity index is 2.71. The van der Waals surface area contributed by atoms with Gasteiger partial charge in [-0.25, -0.2) is 0 Å². The van der Waals surface area contributed by atoms with Crippen LogP contribution in [-0.4, -0.2) is 18.2 Å². The zero-order valence-electron chi connectivity index (χ0n) is 11.7. The largest absolute Gasteiger partial charge is 0.496 e. The second-order valence-electron chi connectivity index (χ2n) is 5.43. The number of hydrogen-bond acceptors (Lipinski definition) is 2. The maximum absolute atomic E-state index is 5.74. The number of rotatable bonds is 4. The molecule has 18 heavy (non-hydrogen) atoms. The number of nitrogens with two attached hydrogens (primary N) is 1. The number of nitrogens with zero attached hydrogens (tertiary/aromatic N) is 1. The number of hydrogen-bond donors (Lipinski definition) is 1. The lowest BCUT2D eigenvalue weighted by molar-refractivity contribution is 0.418.